The molecule has 0 saturated carbocycles. The molecule has 0 spiro atoms. The van der Waals surface area contributed by atoms with E-state index in [1.165, 1.54) is 0 Å². The van der Waals surface area contributed by atoms with E-state index in [9.17, 15) is 0 Å². The molecule has 0 aliphatic carbocycles. The Morgan fingerprint density at radius 1 is 0.633 bits per heavy atom. The van der Waals surface area contributed by atoms with Crippen molar-refractivity contribution in [3.05, 3.63) is 96.1 Å². The lowest BCUT2D eigenvalue weighted by Gasteiger charge is -2.33. The van der Waals surface area contributed by atoms with Gasteiger partial charge in [0.15, 0.2) is 0 Å². The number of rotatable bonds is 7. The van der Waals surface area contributed by atoms with Crippen LogP contribution in [0.1, 0.15) is 22.8 Å². The summed E-state index contributed by atoms with van der Waals surface area (Å²) < 4.78 is 4.69. The number of hydrogen-bond acceptors (Lipinski definition) is 6. The third-order valence-corrected chi connectivity index (χ3v) is 4.78. The number of aromatic amines is 1. The number of nitrogens with one attached hydrogen (secondary N) is 1. The standard InChI is InChI=1S/C17H19N13/c18-22-25-28-10-2-6-14(28)17(13-5-1-9-21-13,15-7-3-11-29(15)26-23-19)16-8-4-12-30(16)27-24-20/h1-12,21H,(H2,18,25)(H2,19,26)(H2,20,27). The Bertz CT molecular complexity index is 1070. The molecule has 0 aromatic carbocycles. The van der Waals surface area contributed by atoms with Crippen molar-refractivity contribution in [2.45, 2.75) is 5.41 Å². The Kier molecular flexibility index (Phi) is 4.82. The van der Waals surface area contributed by atoms with Crippen molar-refractivity contribution < 1.29 is 0 Å². The minimum atomic E-state index is -1.03. The van der Waals surface area contributed by atoms with Gasteiger partial charge in [-0.3, -0.25) is 0 Å². The van der Waals surface area contributed by atoms with Gasteiger partial charge in [-0.2, -0.15) is 0 Å². The second-order valence-corrected chi connectivity index (χ2v) is 6.16. The molecule has 152 valence electrons. The van der Waals surface area contributed by atoms with Crippen molar-refractivity contribution in [1.82, 2.24) is 19.0 Å². The van der Waals surface area contributed by atoms with Gasteiger partial charge in [-0.05, 0) is 64.2 Å². The Labute approximate surface area is 170 Å². The molecule has 7 N–H and O–H groups in total. The SMILES string of the molecule is N/N=N/n1cccc1C(c1ccc[nH]1)(c1cccn1/N=N/N)c1cccn1/N=N/N. The van der Waals surface area contributed by atoms with E-state index in [2.05, 4.69) is 36.3 Å². The molecule has 4 rings (SSSR count). The number of hydrogen-bond donors (Lipinski definition) is 4. The highest BCUT2D eigenvalue weighted by molar-refractivity contribution is 5.53. The fourth-order valence-electron chi connectivity index (χ4n) is 3.78. The van der Waals surface area contributed by atoms with Crippen LogP contribution >= 0.6 is 0 Å². The molecule has 0 bridgehead atoms. The molecule has 0 aliphatic rings. The molecule has 30 heavy (non-hydrogen) atoms. The zero-order chi connectivity index (χ0) is 21.0. The molecule has 13 nitrogen and oxygen atoms in total. The van der Waals surface area contributed by atoms with Gasteiger partial charge in [0.2, 0.25) is 0 Å². The molecule has 0 saturated heterocycles. The predicted molar refractivity (Wildman–Crippen MR) is 106 cm³/mol. The summed E-state index contributed by atoms with van der Waals surface area (Å²) in [6.07, 6.45) is 7.02. The van der Waals surface area contributed by atoms with Crippen LogP contribution in [0.3, 0.4) is 0 Å². The van der Waals surface area contributed by atoms with E-state index in [1.807, 2.05) is 54.7 Å². The lowest BCUT2D eigenvalue weighted by atomic mass is 9.75. The van der Waals surface area contributed by atoms with Crippen LogP contribution in [0.4, 0.5) is 0 Å². The summed E-state index contributed by atoms with van der Waals surface area (Å²) in [5.41, 5.74) is 1.83. The molecule has 0 fully saturated rings. The van der Waals surface area contributed by atoms with Crippen molar-refractivity contribution in [3.8, 4) is 0 Å². The number of nitrogens with zero attached hydrogens (tertiary/aromatic N) is 9. The average molecular weight is 405 g/mol. The Hall–Kier alpha value is -4.68. The van der Waals surface area contributed by atoms with Crippen LogP contribution in [0.2, 0.25) is 0 Å². The highest BCUT2D eigenvalue weighted by Gasteiger charge is 2.46. The topological polar surface area (TPSA) is 183 Å². The van der Waals surface area contributed by atoms with Crippen molar-refractivity contribution in [2.75, 3.05) is 0 Å². The van der Waals surface area contributed by atoms with E-state index >= 15 is 0 Å². The van der Waals surface area contributed by atoms with E-state index in [-0.39, 0.29) is 0 Å². The minimum absolute atomic E-state index is 0.693. The second kappa shape index (κ2) is 7.75. The van der Waals surface area contributed by atoms with E-state index in [0.29, 0.717) is 17.1 Å². The summed E-state index contributed by atoms with van der Waals surface area (Å²) in [4.78, 5) is 3.30. The van der Waals surface area contributed by atoms with Crippen molar-refractivity contribution in [1.29, 1.82) is 0 Å². The van der Waals surface area contributed by atoms with E-state index in [1.54, 1.807) is 32.6 Å². The highest BCUT2D eigenvalue weighted by atomic mass is 15.6. The summed E-state index contributed by atoms with van der Waals surface area (Å²) in [6.45, 7) is 0. The van der Waals surface area contributed by atoms with Crippen LogP contribution in [0.25, 0.3) is 0 Å². The fraction of sp³-hybridized carbons (Fsp3) is 0.0588. The lowest BCUT2D eigenvalue weighted by molar-refractivity contribution is 0.535. The lowest BCUT2D eigenvalue weighted by Crippen LogP contribution is -2.36. The third-order valence-electron chi connectivity index (χ3n) is 4.78. The van der Waals surface area contributed by atoms with Crippen LogP contribution in [0.15, 0.2) is 105 Å². The first-order valence-corrected chi connectivity index (χ1v) is 8.78. The van der Waals surface area contributed by atoms with Gasteiger partial charge in [0, 0.05) is 30.5 Å². The van der Waals surface area contributed by atoms with Crippen LogP contribution in [-0.4, -0.2) is 19.0 Å². The van der Waals surface area contributed by atoms with Gasteiger partial charge >= 0.3 is 0 Å². The highest BCUT2D eigenvalue weighted by Crippen LogP contribution is 2.45. The Balaban J connectivity index is 2.19. The second-order valence-electron chi connectivity index (χ2n) is 6.16. The maximum Gasteiger partial charge on any atom is 0.137 e. The molecular weight excluding hydrogens is 386 g/mol. The average Bonchev–Trinajstić information content (AvgIpc) is 3.53. The summed E-state index contributed by atoms with van der Waals surface area (Å²) in [7, 11) is 0. The number of H-pyrrole nitrogens is 1. The van der Waals surface area contributed by atoms with Crippen LogP contribution < -0.4 is 17.5 Å². The smallest absolute Gasteiger partial charge is 0.137 e. The summed E-state index contributed by atoms with van der Waals surface area (Å²) >= 11 is 0. The molecule has 13 heteroatoms. The first kappa shape index (κ1) is 18.7. The summed E-state index contributed by atoms with van der Waals surface area (Å²) in [5.74, 6) is 16.1. The quantitative estimate of drug-likeness (QED) is 0.209. The van der Waals surface area contributed by atoms with Gasteiger partial charge in [0.25, 0.3) is 0 Å². The largest absolute Gasteiger partial charge is 0.364 e. The van der Waals surface area contributed by atoms with Gasteiger partial charge in [-0.25, -0.2) is 14.0 Å². The Morgan fingerprint density at radius 3 is 1.40 bits per heavy atom. The molecule has 0 unspecified atom stereocenters. The predicted octanol–water partition coefficient (Wildman–Crippen LogP) is 2.07. The molecule has 4 aromatic rings. The molecule has 0 amide bonds. The molecule has 0 atom stereocenters. The van der Waals surface area contributed by atoms with Gasteiger partial charge in [-0.1, -0.05) is 15.7 Å². The molecule has 4 heterocycles. The maximum atomic E-state index is 5.36. The first-order chi connectivity index (χ1) is 14.8. The normalized spacial score (nSPS) is 12.7. The maximum absolute atomic E-state index is 5.36. The summed E-state index contributed by atoms with van der Waals surface area (Å²) in [5, 5.41) is 22.5. The van der Waals surface area contributed by atoms with Gasteiger partial charge in [0.1, 0.15) is 5.41 Å². The van der Waals surface area contributed by atoms with Crippen LogP contribution in [0, 0.1) is 0 Å². The van der Waals surface area contributed by atoms with E-state index in [0.717, 1.165) is 5.69 Å². The van der Waals surface area contributed by atoms with Crippen molar-refractivity contribution >= 4 is 0 Å². The third kappa shape index (κ3) is 2.72. The van der Waals surface area contributed by atoms with E-state index < -0.39 is 5.41 Å². The first-order valence-electron chi connectivity index (χ1n) is 8.78. The molecule has 0 aliphatic heterocycles. The monoisotopic (exact) mass is 405 g/mol. The minimum Gasteiger partial charge on any atom is -0.364 e. The molecule has 0 radical (unpaired) electrons. The van der Waals surface area contributed by atoms with Crippen LogP contribution in [0.5, 0.6) is 0 Å². The van der Waals surface area contributed by atoms with Crippen LogP contribution in [-0.2, 0) is 5.41 Å². The molecule has 4 aromatic heterocycles. The van der Waals surface area contributed by atoms with Gasteiger partial charge in [0.05, 0.1) is 17.1 Å². The number of aromatic nitrogens is 4. The molecular formula is C17H19N13. The number of nitrogens with two attached hydrogens (primary N) is 3. The fourth-order valence-corrected chi connectivity index (χ4v) is 3.78. The zero-order valence-electron chi connectivity index (χ0n) is 15.7. The van der Waals surface area contributed by atoms with Crippen molar-refractivity contribution in [3.63, 3.8) is 0 Å². The van der Waals surface area contributed by atoms with E-state index in [4.69, 9.17) is 17.5 Å². The van der Waals surface area contributed by atoms with Crippen molar-refractivity contribution in [2.24, 2.45) is 48.9 Å². The summed E-state index contributed by atoms with van der Waals surface area (Å²) in [6, 6.07) is 15.0. The van der Waals surface area contributed by atoms with Gasteiger partial charge in [-0.15, -0.1) is 0 Å². The van der Waals surface area contributed by atoms with Gasteiger partial charge < -0.3 is 22.5 Å². The Morgan fingerprint density at radius 2 is 1.07 bits per heavy atom. The zero-order valence-corrected chi connectivity index (χ0v) is 15.7.